The summed E-state index contributed by atoms with van der Waals surface area (Å²) in [6, 6.07) is 3.93. The van der Waals surface area contributed by atoms with Crippen molar-refractivity contribution in [2.45, 2.75) is 26.2 Å². The number of fused-ring (bicyclic) bond motifs is 1. The van der Waals surface area contributed by atoms with Gasteiger partial charge in [-0.15, -0.1) is 0 Å². The summed E-state index contributed by atoms with van der Waals surface area (Å²) < 4.78 is 5.02. The lowest BCUT2D eigenvalue weighted by molar-refractivity contribution is 0.144. The molecule has 2 heterocycles. The highest BCUT2D eigenvalue weighted by molar-refractivity contribution is 5.79. The number of aromatic nitrogens is 2. The van der Waals surface area contributed by atoms with Crippen LogP contribution in [0.3, 0.4) is 0 Å². The highest BCUT2D eigenvalue weighted by atomic mass is 16.5. The van der Waals surface area contributed by atoms with E-state index in [4.69, 9.17) is 4.74 Å². The molecule has 0 aliphatic heterocycles. The molecule has 0 aromatic carbocycles. The Kier molecular flexibility index (Phi) is 4.78. The minimum Gasteiger partial charge on any atom is -0.450 e. The molecular weight excluding hydrogens is 242 g/mol. The van der Waals surface area contributed by atoms with Crippen LogP contribution in [0.15, 0.2) is 24.5 Å². The predicted molar refractivity (Wildman–Crippen MR) is 74.1 cm³/mol. The molecule has 19 heavy (non-hydrogen) atoms. The normalized spacial score (nSPS) is 10.6. The number of hydrogen-bond acceptors (Lipinski definition) is 3. The highest BCUT2D eigenvalue weighted by Crippen LogP contribution is 2.15. The van der Waals surface area contributed by atoms with Crippen LogP contribution >= 0.6 is 0 Å². The first-order chi connectivity index (χ1) is 9.31. The zero-order chi connectivity index (χ0) is 13.5. The average Bonchev–Trinajstić information content (AvgIpc) is 2.83. The maximum atomic E-state index is 11.4. The fourth-order valence-electron chi connectivity index (χ4n) is 1.88. The van der Waals surface area contributed by atoms with Crippen molar-refractivity contribution in [3.8, 4) is 0 Å². The van der Waals surface area contributed by atoms with E-state index in [1.165, 1.54) is 0 Å². The zero-order valence-electron chi connectivity index (χ0n) is 11.1. The van der Waals surface area contributed by atoms with Crippen molar-refractivity contribution in [3.05, 3.63) is 30.1 Å². The highest BCUT2D eigenvalue weighted by Gasteiger charge is 2.05. The summed E-state index contributed by atoms with van der Waals surface area (Å²) in [5.74, 6) is 0. The monoisotopic (exact) mass is 261 g/mol. The number of carbonyl (C=O) groups is 1. The van der Waals surface area contributed by atoms with E-state index in [9.17, 15) is 4.79 Å². The zero-order valence-corrected chi connectivity index (χ0v) is 11.1. The lowest BCUT2D eigenvalue weighted by Gasteiger charge is -2.05. The van der Waals surface area contributed by atoms with Crippen LogP contribution in [0, 0.1) is 0 Å². The van der Waals surface area contributed by atoms with Crippen molar-refractivity contribution in [2.24, 2.45) is 0 Å². The van der Waals surface area contributed by atoms with Crippen LogP contribution in [-0.2, 0) is 11.2 Å². The molecule has 0 radical (unpaired) electrons. The molecule has 0 unspecified atom stereocenters. The fraction of sp³-hybridized carbons (Fsp3) is 0.429. The Morgan fingerprint density at radius 2 is 2.42 bits per heavy atom. The number of H-pyrrole nitrogens is 1. The first-order valence-corrected chi connectivity index (χ1v) is 6.63. The molecule has 0 saturated carbocycles. The molecule has 5 heteroatoms. The van der Waals surface area contributed by atoms with E-state index in [2.05, 4.69) is 22.2 Å². The van der Waals surface area contributed by atoms with Gasteiger partial charge in [-0.3, -0.25) is 0 Å². The quantitative estimate of drug-likeness (QED) is 0.785. The van der Waals surface area contributed by atoms with Crippen LogP contribution in [-0.4, -0.2) is 29.2 Å². The minimum atomic E-state index is -0.341. The van der Waals surface area contributed by atoms with Crippen molar-refractivity contribution in [3.63, 3.8) is 0 Å². The number of amides is 1. The molecule has 0 aliphatic carbocycles. The van der Waals surface area contributed by atoms with E-state index < -0.39 is 0 Å². The Morgan fingerprint density at radius 3 is 3.26 bits per heavy atom. The van der Waals surface area contributed by atoms with Crippen molar-refractivity contribution in [1.82, 2.24) is 15.3 Å². The van der Waals surface area contributed by atoms with E-state index in [1.807, 2.05) is 18.3 Å². The van der Waals surface area contributed by atoms with Crippen LogP contribution in [0.2, 0.25) is 0 Å². The van der Waals surface area contributed by atoms with Gasteiger partial charge in [-0.25, -0.2) is 9.78 Å². The van der Waals surface area contributed by atoms with Gasteiger partial charge in [-0.05, 0) is 30.5 Å². The number of pyridine rings is 1. The van der Waals surface area contributed by atoms with Crippen molar-refractivity contribution < 1.29 is 9.53 Å². The van der Waals surface area contributed by atoms with E-state index >= 15 is 0 Å². The summed E-state index contributed by atoms with van der Waals surface area (Å²) in [5, 5.41) is 3.85. The van der Waals surface area contributed by atoms with E-state index in [0.29, 0.717) is 13.2 Å². The second-order valence-corrected chi connectivity index (χ2v) is 4.38. The molecule has 2 aromatic rings. The first-order valence-electron chi connectivity index (χ1n) is 6.63. The van der Waals surface area contributed by atoms with Crippen molar-refractivity contribution in [1.29, 1.82) is 0 Å². The van der Waals surface area contributed by atoms with E-state index in [-0.39, 0.29) is 6.09 Å². The topological polar surface area (TPSA) is 67.0 Å². The van der Waals surface area contributed by atoms with Gasteiger partial charge in [0.15, 0.2) is 0 Å². The third-order valence-corrected chi connectivity index (χ3v) is 2.93. The Hall–Kier alpha value is -2.04. The van der Waals surface area contributed by atoms with E-state index in [0.717, 1.165) is 35.9 Å². The van der Waals surface area contributed by atoms with E-state index in [1.54, 1.807) is 6.20 Å². The number of hydrogen-bond donors (Lipinski definition) is 2. The molecule has 0 bridgehead atoms. The predicted octanol–water partition coefficient (Wildman–Crippen LogP) is 2.63. The van der Waals surface area contributed by atoms with Gasteiger partial charge in [-0.2, -0.15) is 0 Å². The molecule has 2 N–H and O–H groups in total. The number of ether oxygens (including phenoxy) is 1. The summed E-state index contributed by atoms with van der Waals surface area (Å²) in [5.41, 5.74) is 2.03. The maximum absolute atomic E-state index is 11.4. The molecule has 2 aromatic heterocycles. The second-order valence-electron chi connectivity index (χ2n) is 4.38. The summed E-state index contributed by atoms with van der Waals surface area (Å²) in [6.45, 7) is 3.11. The summed E-state index contributed by atoms with van der Waals surface area (Å²) in [4.78, 5) is 18.7. The number of unbranched alkanes of at least 4 members (excludes halogenated alkanes) is 1. The van der Waals surface area contributed by atoms with Crippen LogP contribution < -0.4 is 5.32 Å². The maximum Gasteiger partial charge on any atom is 0.407 e. The fourth-order valence-corrected chi connectivity index (χ4v) is 1.88. The smallest absolute Gasteiger partial charge is 0.407 e. The Morgan fingerprint density at radius 1 is 1.53 bits per heavy atom. The number of carbonyl (C=O) groups excluding carboxylic acids is 1. The SMILES string of the molecule is CCCCOC(=O)NCCc1c[nH]c2ncccc12. The molecule has 5 nitrogen and oxygen atoms in total. The van der Waals surface area contributed by atoms with Gasteiger partial charge in [0.1, 0.15) is 5.65 Å². The van der Waals surface area contributed by atoms with Gasteiger partial charge in [0.25, 0.3) is 0 Å². The first kappa shape index (κ1) is 13.4. The van der Waals surface area contributed by atoms with Crippen LogP contribution in [0.25, 0.3) is 11.0 Å². The molecule has 0 spiro atoms. The Balaban J connectivity index is 1.78. The summed E-state index contributed by atoms with van der Waals surface area (Å²) in [6.07, 6.45) is 6.03. The molecule has 0 aliphatic rings. The number of nitrogens with zero attached hydrogens (tertiary/aromatic N) is 1. The Labute approximate surface area is 112 Å². The van der Waals surface area contributed by atoms with Gasteiger partial charge in [0.05, 0.1) is 6.61 Å². The minimum absolute atomic E-state index is 0.341. The molecule has 0 saturated heterocycles. The van der Waals surface area contributed by atoms with Crippen molar-refractivity contribution in [2.75, 3.05) is 13.2 Å². The van der Waals surface area contributed by atoms with Gasteiger partial charge in [0, 0.05) is 24.3 Å². The van der Waals surface area contributed by atoms with Crippen LogP contribution in [0.4, 0.5) is 4.79 Å². The average molecular weight is 261 g/mol. The third kappa shape index (κ3) is 3.71. The van der Waals surface area contributed by atoms with Gasteiger partial charge in [-0.1, -0.05) is 13.3 Å². The van der Waals surface area contributed by atoms with Gasteiger partial charge >= 0.3 is 6.09 Å². The number of nitrogens with one attached hydrogen (secondary N) is 2. The van der Waals surface area contributed by atoms with Crippen LogP contribution in [0.1, 0.15) is 25.3 Å². The number of alkyl carbamates (subject to hydrolysis) is 1. The van der Waals surface area contributed by atoms with Crippen LogP contribution in [0.5, 0.6) is 0 Å². The molecule has 0 fully saturated rings. The summed E-state index contributed by atoms with van der Waals surface area (Å²) >= 11 is 0. The lowest BCUT2D eigenvalue weighted by atomic mass is 10.1. The number of rotatable bonds is 6. The molecule has 1 amide bonds. The third-order valence-electron chi connectivity index (χ3n) is 2.93. The second kappa shape index (κ2) is 6.78. The van der Waals surface area contributed by atoms with Gasteiger partial charge in [0.2, 0.25) is 0 Å². The largest absolute Gasteiger partial charge is 0.450 e. The molecule has 0 atom stereocenters. The molecule has 102 valence electrons. The lowest BCUT2D eigenvalue weighted by Crippen LogP contribution is -2.26. The van der Waals surface area contributed by atoms with Crippen molar-refractivity contribution >= 4 is 17.1 Å². The number of aromatic amines is 1. The molecular formula is C14H19N3O2. The summed E-state index contributed by atoms with van der Waals surface area (Å²) in [7, 11) is 0. The Bertz CT molecular complexity index is 536. The van der Waals surface area contributed by atoms with Gasteiger partial charge < -0.3 is 15.0 Å². The molecule has 2 rings (SSSR count). The standard InChI is InChI=1S/C14H19N3O2/c1-2-3-9-19-14(18)16-8-6-11-10-17-13-12(11)5-4-7-15-13/h4-5,7,10H,2-3,6,8-9H2,1H3,(H,15,17)(H,16,18).